The molecule has 0 saturated heterocycles. The Kier molecular flexibility index (Phi) is 5.19. The molecule has 0 bridgehead atoms. The number of para-hydroxylation sites is 2. The molecule has 1 N–H and O–H groups in total. The molecule has 128 valence electrons. The number of rotatable bonds is 5. The number of carbonyl (C=O) groups is 1. The first kappa shape index (κ1) is 17.2. The molecule has 0 aliphatic heterocycles. The summed E-state index contributed by atoms with van der Waals surface area (Å²) in [7, 11) is 0. The monoisotopic (exact) mass is 353 g/mol. The van der Waals surface area contributed by atoms with Crippen LogP contribution in [0.1, 0.15) is 12.0 Å². The first-order valence-corrected chi connectivity index (χ1v) is 9.20. The van der Waals surface area contributed by atoms with Gasteiger partial charge in [-0.25, -0.2) is 4.98 Å². The lowest BCUT2D eigenvalue weighted by Gasteiger charge is -2.10. The molecule has 0 fully saturated rings. The van der Waals surface area contributed by atoms with E-state index >= 15 is 0 Å². The highest BCUT2D eigenvalue weighted by Gasteiger charge is 2.09. The van der Waals surface area contributed by atoms with E-state index in [4.69, 9.17) is 0 Å². The van der Waals surface area contributed by atoms with E-state index < -0.39 is 0 Å². The first-order valence-electron chi connectivity index (χ1n) is 7.98. The lowest BCUT2D eigenvalue weighted by atomic mass is 10.1. The number of benzene rings is 2. The van der Waals surface area contributed by atoms with E-state index in [0.717, 1.165) is 16.1 Å². The SMILES string of the molecule is CSc1ccccc1NC(=O)CCn1cnc2c(C)cccc2c1=O. The second-order valence-electron chi connectivity index (χ2n) is 5.71. The van der Waals surface area contributed by atoms with Crippen molar-refractivity contribution in [3.63, 3.8) is 0 Å². The molecule has 0 spiro atoms. The van der Waals surface area contributed by atoms with Crippen molar-refractivity contribution < 1.29 is 4.79 Å². The molecular formula is C19H19N3O2S. The van der Waals surface area contributed by atoms with Crippen LogP contribution in [0.15, 0.2) is 58.5 Å². The standard InChI is InChI=1S/C19H19N3O2S/c1-13-6-5-7-14-18(13)20-12-22(19(14)24)11-10-17(23)21-15-8-3-4-9-16(15)25-2/h3-9,12H,10-11H2,1-2H3,(H,21,23). The molecule has 3 aromatic rings. The number of aromatic nitrogens is 2. The quantitative estimate of drug-likeness (QED) is 0.714. The van der Waals surface area contributed by atoms with Crippen LogP contribution in [0.25, 0.3) is 10.9 Å². The molecule has 1 heterocycles. The fourth-order valence-electron chi connectivity index (χ4n) is 2.68. The van der Waals surface area contributed by atoms with Gasteiger partial charge >= 0.3 is 0 Å². The summed E-state index contributed by atoms with van der Waals surface area (Å²) in [6.07, 6.45) is 3.69. The number of nitrogens with zero attached hydrogens (tertiary/aromatic N) is 2. The molecule has 0 unspecified atom stereocenters. The summed E-state index contributed by atoms with van der Waals surface area (Å²) in [4.78, 5) is 30.1. The zero-order valence-electron chi connectivity index (χ0n) is 14.2. The van der Waals surface area contributed by atoms with Crippen molar-refractivity contribution in [2.75, 3.05) is 11.6 Å². The molecule has 25 heavy (non-hydrogen) atoms. The van der Waals surface area contributed by atoms with Crippen LogP contribution in [0.5, 0.6) is 0 Å². The third kappa shape index (κ3) is 3.74. The Morgan fingerprint density at radius 2 is 2.00 bits per heavy atom. The molecule has 3 rings (SSSR count). The normalized spacial score (nSPS) is 10.8. The number of carbonyl (C=O) groups excluding carboxylic acids is 1. The maximum absolute atomic E-state index is 12.5. The van der Waals surface area contributed by atoms with Crippen LogP contribution in [0, 0.1) is 6.92 Å². The van der Waals surface area contributed by atoms with Gasteiger partial charge in [0.05, 0.1) is 22.9 Å². The van der Waals surface area contributed by atoms with Crippen LogP contribution in [-0.4, -0.2) is 21.7 Å². The topological polar surface area (TPSA) is 64.0 Å². The van der Waals surface area contributed by atoms with E-state index in [0.29, 0.717) is 17.4 Å². The largest absolute Gasteiger partial charge is 0.325 e. The summed E-state index contributed by atoms with van der Waals surface area (Å²) >= 11 is 1.58. The summed E-state index contributed by atoms with van der Waals surface area (Å²) in [6, 6.07) is 13.2. The summed E-state index contributed by atoms with van der Waals surface area (Å²) in [6.45, 7) is 2.22. The van der Waals surface area contributed by atoms with Crippen LogP contribution in [0.2, 0.25) is 0 Å². The van der Waals surface area contributed by atoms with Gasteiger partial charge in [-0.3, -0.25) is 14.2 Å². The van der Waals surface area contributed by atoms with Gasteiger partial charge in [0.15, 0.2) is 0 Å². The van der Waals surface area contributed by atoms with Gasteiger partial charge in [-0.05, 0) is 36.9 Å². The van der Waals surface area contributed by atoms with Crippen molar-refractivity contribution in [1.29, 1.82) is 0 Å². The predicted molar refractivity (Wildman–Crippen MR) is 102 cm³/mol. The van der Waals surface area contributed by atoms with E-state index in [9.17, 15) is 9.59 Å². The van der Waals surface area contributed by atoms with Gasteiger partial charge in [-0.2, -0.15) is 0 Å². The number of aryl methyl sites for hydroxylation is 2. The third-order valence-corrected chi connectivity index (χ3v) is 4.81. The zero-order chi connectivity index (χ0) is 17.8. The molecule has 1 amide bonds. The van der Waals surface area contributed by atoms with Crippen molar-refractivity contribution >= 4 is 34.3 Å². The molecule has 0 saturated carbocycles. The van der Waals surface area contributed by atoms with Crippen LogP contribution >= 0.6 is 11.8 Å². The number of hydrogen-bond acceptors (Lipinski definition) is 4. The van der Waals surface area contributed by atoms with Crippen molar-refractivity contribution in [3.05, 3.63) is 64.7 Å². The Balaban J connectivity index is 1.73. The number of nitrogens with one attached hydrogen (secondary N) is 1. The predicted octanol–water partition coefficient (Wildman–Crippen LogP) is 3.46. The highest BCUT2D eigenvalue weighted by molar-refractivity contribution is 7.98. The molecular weight excluding hydrogens is 334 g/mol. The Bertz CT molecular complexity index is 982. The summed E-state index contributed by atoms with van der Waals surface area (Å²) in [5.41, 5.74) is 2.35. The highest BCUT2D eigenvalue weighted by atomic mass is 32.2. The lowest BCUT2D eigenvalue weighted by molar-refractivity contribution is -0.116. The molecule has 0 radical (unpaired) electrons. The van der Waals surface area contributed by atoms with Crippen molar-refractivity contribution in [2.24, 2.45) is 0 Å². The Labute approximate surface area is 150 Å². The van der Waals surface area contributed by atoms with Crippen LogP contribution in [-0.2, 0) is 11.3 Å². The second kappa shape index (κ2) is 7.53. The minimum Gasteiger partial charge on any atom is -0.325 e. The molecule has 0 aliphatic rings. The first-order chi connectivity index (χ1) is 12.1. The summed E-state index contributed by atoms with van der Waals surface area (Å²) in [5, 5.41) is 3.48. The minimum atomic E-state index is -0.127. The molecule has 0 atom stereocenters. The Morgan fingerprint density at radius 3 is 2.80 bits per heavy atom. The summed E-state index contributed by atoms with van der Waals surface area (Å²) in [5.74, 6) is -0.127. The Morgan fingerprint density at radius 1 is 1.20 bits per heavy atom. The Hall–Kier alpha value is -2.60. The molecule has 0 aliphatic carbocycles. The fraction of sp³-hybridized carbons (Fsp3) is 0.211. The molecule has 2 aromatic carbocycles. The minimum absolute atomic E-state index is 0.119. The van der Waals surface area contributed by atoms with Gasteiger partial charge in [0.2, 0.25) is 5.91 Å². The van der Waals surface area contributed by atoms with Gasteiger partial charge in [-0.15, -0.1) is 11.8 Å². The van der Waals surface area contributed by atoms with Gasteiger partial charge in [0.1, 0.15) is 0 Å². The summed E-state index contributed by atoms with van der Waals surface area (Å²) < 4.78 is 1.49. The average Bonchev–Trinajstić information content (AvgIpc) is 2.62. The molecule has 1 aromatic heterocycles. The van der Waals surface area contributed by atoms with Crippen molar-refractivity contribution in [1.82, 2.24) is 9.55 Å². The van der Waals surface area contributed by atoms with Crippen LogP contribution in [0.3, 0.4) is 0 Å². The van der Waals surface area contributed by atoms with Gasteiger partial charge in [-0.1, -0.05) is 24.3 Å². The van der Waals surface area contributed by atoms with Gasteiger partial charge in [0.25, 0.3) is 5.56 Å². The lowest BCUT2D eigenvalue weighted by Crippen LogP contribution is -2.24. The van der Waals surface area contributed by atoms with Crippen LogP contribution < -0.4 is 10.9 Å². The van der Waals surface area contributed by atoms with E-state index in [1.807, 2.05) is 49.6 Å². The number of hydrogen-bond donors (Lipinski definition) is 1. The number of thioether (sulfide) groups is 1. The number of fused-ring (bicyclic) bond motifs is 1. The average molecular weight is 353 g/mol. The third-order valence-electron chi connectivity index (χ3n) is 4.02. The van der Waals surface area contributed by atoms with Gasteiger partial charge < -0.3 is 5.32 Å². The van der Waals surface area contributed by atoms with E-state index in [2.05, 4.69) is 10.3 Å². The zero-order valence-corrected chi connectivity index (χ0v) is 15.0. The highest BCUT2D eigenvalue weighted by Crippen LogP contribution is 2.24. The number of amides is 1. The van der Waals surface area contributed by atoms with E-state index in [1.165, 1.54) is 10.9 Å². The van der Waals surface area contributed by atoms with E-state index in [-0.39, 0.29) is 17.9 Å². The fourth-order valence-corrected chi connectivity index (χ4v) is 3.23. The maximum atomic E-state index is 12.5. The molecule has 5 nitrogen and oxygen atoms in total. The second-order valence-corrected chi connectivity index (χ2v) is 6.56. The maximum Gasteiger partial charge on any atom is 0.261 e. The van der Waals surface area contributed by atoms with Gasteiger partial charge in [0, 0.05) is 17.9 Å². The van der Waals surface area contributed by atoms with Crippen molar-refractivity contribution in [2.45, 2.75) is 24.8 Å². The molecule has 6 heteroatoms. The van der Waals surface area contributed by atoms with Crippen LogP contribution in [0.4, 0.5) is 5.69 Å². The van der Waals surface area contributed by atoms with E-state index in [1.54, 1.807) is 17.8 Å². The number of anilines is 1. The van der Waals surface area contributed by atoms with Crippen molar-refractivity contribution in [3.8, 4) is 0 Å². The smallest absolute Gasteiger partial charge is 0.261 e.